The van der Waals surface area contributed by atoms with Gasteiger partial charge in [0.05, 0.1) is 16.4 Å². The second-order valence-corrected chi connectivity index (χ2v) is 7.39. The number of imidazole rings is 1. The lowest BCUT2D eigenvalue weighted by atomic mass is 10.1. The number of nitrogens with zero attached hydrogens (tertiary/aromatic N) is 2. The number of thiazole rings is 1. The molecule has 4 aromatic rings. The number of aromatic nitrogens is 2. The monoisotopic (exact) mass is 417 g/mol. The van der Waals surface area contributed by atoms with E-state index >= 15 is 0 Å². The molecule has 0 unspecified atom stereocenters. The third kappa shape index (κ3) is 3.93. The molecule has 1 amide bonds. The van der Waals surface area contributed by atoms with E-state index in [0.717, 1.165) is 16.2 Å². The van der Waals surface area contributed by atoms with Crippen LogP contribution >= 0.6 is 34.5 Å². The van der Waals surface area contributed by atoms with Gasteiger partial charge in [0.25, 0.3) is 5.91 Å². The van der Waals surface area contributed by atoms with Gasteiger partial charge >= 0.3 is 0 Å². The van der Waals surface area contributed by atoms with Crippen molar-refractivity contribution in [3.05, 3.63) is 70.3 Å². The number of amides is 1. The summed E-state index contributed by atoms with van der Waals surface area (Å²) >= 11 is 13.5. The minimum absolute atomic E-state index is 0.173. The summed E-state index contributed by atoms with van der Waals surface area (Å²) < 4.78 is 7.43. The minimum atomic E-state index is -0.297. The van der Waals surface area contributed by atoms with Crippen molar-refractivity contribution in [2.45, 2.75) is 0 Å². The minimum Gasteiger partial charge on any atom is -0.482 e. The molecule has 4 rings (SSSR count). The molecule has 0 aliphatic carbocycles. The first-order chi connectivity index (χ1) is 13.1. The molecule has 1 N–H and O–H groups in total. The number of carbonyl (C=O) groups excluding carboxylic acids is 1. The lowest BCUT2D eigenvalue weighted by Crippen LogP contribution is -2.20. The summed E-state index contributed by atoms with van der Waals surface area (Å²) in [5.41, 5.74) is 2.30. The largest absolute Gasteiger partial charge is 0.482 e. The van der Waals surface area contributed by atoms with Gasteiger partial charge in [-0.1, -0.05) is 41.4 Å². The van der Waals surface area contributed by atoms with E-state index in [1.807, 2.05) is 46.4 Å². The third-order valence-corrected chi connectivity index (χ3v) is 5.12. The van der Waals surface area contributed by atoms with Crippen LogP contribution in [0.1, 0.15) is 0 Å². The molecule has 0 bridgehead atoms. The van der Waals surface area contributed by atoms with Crippen LogP contribution in [-0.4, -0.2) is 21.9 Å². The Balaban J connectivity index is 1.49. The summed E-state index contributed by atoms with van der Waals surface area (Å²) in [7, 11) is 0. The van der Waals surface area contributed by atoms with Gasteiger partial charge in [-0.3, -0.25) is 9.20 Å². The smallest absolute Gasteiger partial charge is 0.262 e. The van der Waals surface area contributed by atoms with Gasteiger partial charge in [-0.2, -0.15) is 0 Å². The molecule has 0 saturated carbocycles. The first kappa shape index (κ1) is 17.9. The lowest BCUT2D eigenvalue weighted by Gasteiger charge is -2.11. The highest BCUT2D eigenvalue weighted by atomic mass is 35.5. The summed E-state index contributed by atoms with van der Waals surface area (Å²) in [6.45, 7) is -0.173. The average molecular weight is 418 g/mol. The van der Waals surface area contributed by atoms with Gasteiger partial charge in [-0.05, 0) is 24.3 Å². The maximum absolute atomic E-state index is 12.3. The van der Waals surface area contributed by atoms with Crippen molar-refractivity contribution in [1.29, 1.82) is 0 Å². The van der Waals surface area contributed by atoms with Crippen LogP contribution in [0.15, 0.2) is 60.2 Å². The number of hydrogen-bond donors (Lipinski definition) is 1. The summed E-state index contributed by atoms with van der Waals surface area (Å²) in [4.78, 5) is 17.8. The summed E-state index contributed by atoms with van der Waals surface area (Å²) in [6.07, 6.45) is 3.88. The Morgan fingerprint density at radius 2 is 2.07 bits per heavy atom. The zero-order chi connectivity index (χ0) is 18.8. The number of ether oxygens (including phenoxy) is 1. The molecular formula is C19H13Cl2N3O2S. The van der Waals surface area contributed by atoms with E-state index in [1.165, 1.54) is 0 Å². The summed E-state index contributed by atoms with van der Waals surface area (Å²) in [5.74, 6) is 0.105. The van der Waals surface area contributed by atoms with E-state index in [2.05, 4.69) is 10.3 Å². The van der Waals surface area contributed by atoms with Crippen molar-refractivity contribution >= 4 is 51.1 Å². The van der Waals surface area contributed by atoms with Crippen LogP contribution in [0, 0.1) is 0 Å². The molecule has 8 heteroatoms. The zero-order valence-corrected chi connectivity index (χ0v) is 16.2. The standard InChI is InChI=1S/C19H13Cl2N3O2S/c20-12-5-6-17(14(21)9-12)26-11-18(25)22-15-4-2-1-3-13(15)16-10-24-7-8-27-19(24)23-16/h1-10H,11H2,(H,22,25). The molecule has 0 spiro atoms. The molecule has 0 atom stereocenters. The SMILES string of the molecule is O=C(COc1ccc(Cl)cc1Cl)Nc1ccccc1-c1cn2ccsc2n1. The number of carbonyl (C=O) groups is 1. The van der Waals surface area contributed by atoms with E-state index in [4.69, 9.17) is 27.9 Å². The predicted octanol–water partition coefficient (Wildman–Crippen LogP) is 5.39. The van der Waals surface area contributed by atoms with E-state index in [0.29, 0.717) is 21.5 Å². The number of benzene rings is 2. The van der Waals surface area contributed by atoms with Crippen LogP contribution in [0.2, 0.25) is 10.0 Å². The molecule has 0 radical (unpaired) electrons. The predicted molar refractivity (Wildman–Crippen MR) is 109 cm³/mol. The van der Waals surface area contributed by atoms with Crippen molar-refractivity contribution in [3.8, 4) is 17.0 Å². The van der Waals surface area contributed by atoms with Crippen LogP contribution in [0.4, 0.5) is 5.69 Å². The molecule has 0 saturated heterocycles. The number of hydrogen-bond acceptors (Lipinski definition) is 4. The maximum atomic E-state index is 12.3. The van der Waals surface area contributed by atoms with Crippen LogP contribution in [-0.2, 0) is 4.79 Å². The molecule has 2 aromatic heterocycles. The molecule has 2 aromatic carbocycles. The first-order valence-electron chi connectivity index (χ1n) is 7.99. The van der Waals surface area contributed by atoms with Crippen molar-refractivity contribution in [1.82, 2.24) is 9.38 Å². The van der Waals surface area contributed by atoms with Gasteiger partial charge in [-0.15, -0.1) is 11.3 Å². The highest BCUT2D eigenvalue weighted by molar-refractivity contribution is 7.15. The van der Waals surface area contributed by atoms with Crippen LogP contribution in [0.3, 0.4) is 0 Å². The van der Waals surface area contributed by atoms with Gasteiger partial charge in [-0.25, -0.2) is 4.98 Å². The Labute approximate surface area is 169 Å². The normalized spacial score (nSPS) is 10.9. The van der Waals surface area contributed by atoms with Crippen molar-refractivity contribution < 1.29 is 9.53 Å². The van der Waals surface area contributed by atoms with E-state index < -0.39 is 0 Å². The number of nitrogens with one attached hydrogen (secondary N) is 1. The maximum Gasteiger partial charge on any atom is 0.262 e. The molecule has 27 heavy (non-hydrogen) atoms. The fraction of sp³-hybridized carbons (Fsp3) is 0.0526. The molecule has 5 nitrogen and oxygen atoms in total. The Kier molecular flexibility index (Phi) is 5.03. The fourth-order valence-electron chi connectivity index (χ4n) is 2.59. The lowest BCUT2D eigenvalue weighted by molar-refractivity contribution is -0.118. The highest BCUT2D eigenvalue weighted by Crippen LogP contribution is 2.29. The van der Waals surface area contributed by atoms with Crippen LogP contribution in [0.25, 0.3) is 16.2 Å². The van der Waals surface area contributed by atoms with Gasteiger partial charge in [0.2, 0.25) is 0 Å². The quantitative estimate of drug-likeness (QED) is 0.473. The molecule has 0 fully saturated rings. The highest BCUT2D eigenvalue weighted by Gasteiger charge is 2.13. The van der Waals surface area contributed by atoms with Crippen LogP contribution < -0.4 is 10.1 Å². The summed E-state index contributed by atoms with van der Waals surface area (Å²) in [5, 5.41) is 5.70. The zero-order valence-electron chi connectivity index (χ0n) is 13.9. The van der Waals surface area contributed by atoms with Gasteiger partial charge < -0.3 is 10.1 Å². The average Bonchev–Trinajstić information content (AvgIpc) is 3.23. The van der Waals surface area contributed by atoms with Gasteiger partial charge in [0.15, 0.2) is 11.6 Å². The number of para-hydroxylation sites is 1. The number of halogens is 2. The Bertz CT molecular complexity index is 1090. The Morgan fingerprint density at radius 3 is 2.89 bits per heavy atom. The van der Waals surface area contributed by atoms with E-state index in [1.54, 1.807) is 29.5 Å². The number of fused-ring (bicyclic) bond motifs is 1. The van der Waals surface area contributed by atoms with Crippen molar-refractivity contribution in [3.63, 3.8) is 0 Å². The van der Waals surface area contributed by atoms with Gasteiger partial charge in [0, 0.05) is 28.4 Å². The fourth-order valence-corrected chi connectivity index (χ4v) is 3.76. The molecular weight excluding hydrogens is 405 g/mol. The van der Waals surface area contributed by atoms with Crippen molar-refractivity contribution in [2.75, 3.05) is 11.9 Å². The molecule has 2 heterocycles. The summed E-state index contributed by atoms with van der Waals surface area (Å²) in [6, 6.07) is 12.4. The Hall–Kier alpha value is -2.54. The van der Waals surface area contributed by atoms with E-state index in [9.17, 15) is 4.79 Å². The Morgan fingerprint density at radius 1 is 1.22 bits per heavy atom. The molecule has 136 valence electrons. The van der Waals surface area contributed by atoms with E-state index in [-0.39, 0.29) is 12.5 Å². The second-order valence-electron chi connectivity index (χ2n) is 5.68. The molecule has 0 aliphatic rings. The second kappa shape index (κ2) is 7.60. The molecule has 0 aliphatic heterocycles. The van der Waals surface area contributed by atoms with Crippen molar-refractivity contribution in [2.24, 2.45) is 0 Å². The first-order valence-corrected chi connectivity index (χ1v) is 9.63. The van der Waals surface area contributed by atoms with Crippen LogP contribution in [0.5, 0.6) is 5.75 Å². The topological polar surface area (TPSA) is 55.6 Å². The third-order valence-electron chi connectivity index (χ3n) is 3.82. The number of anilines is 1. The van der Waals surface area contributed by atoms with Gasteiger partial charge in [0.1, 0.15) is 5.75 Å². The number of rotatable bonds is 5.